The number of nitro groups is 1. The highest BCUT2D eigenvalue weighted by Gasteiger charge is 2.16. The number of nitrogens with one attached hydrogen (secondary N) is 1. The minimum atomic E-state index is -0.361. The Morgan fingerprint density at radius 1 is 1.47 bits per heavy atom. The number of nitrogens with zero attached hydrogens (tertiary/aromatic N) is 1. The molecule has 2 rings (SSSR count). The lowest BCUT2D eigenvalue weighted by Crippen LogP contribution is -2.24. The fraction of sp³-hybridized carbons (Fsp3) is 0.500. The summed E-state index contributed by atoms with van der Waals surface area (Å²) in [6, 6.07) is 6.72. The van der Waals surface area contributed by atoms with Crippen molar-refractivity contribution in [2.24, 2.45) is 5.92 Å². The van der Waals surface area contributed by atoms with Gasteiger partial charge in [-0.1, -0.05) is 12.1 Å². The Bertz CT molecular complexity index is 389. The molecule has 1 aromatic rings. The van der Waals surface area contributed by atoms with Crippen LogP contribution >= 0.6 is 0 Å². The van der Waals surface area contributed by atoms with Gasteiger partial charge >= 0.3 is 0 Å². The van der Waals surface area contributed by atoms with E-state index in [1.54, 1.807) is 18.2 Å². The van der Waals surface area contributed by atoms with Crippen molar-refractivity contribution in [3.8, 4) is 0 Å². The van der Waals surface area contributed by atoms with E-state index in [0.717, 1.165) is 32.6 Å². The summed E-state index contributed by atoms with van der Waals surface area (Å²) in [7, 11) is 0. The van der Waals surface area contributed by atoms with Gasteiger partial charge in [0, 0.05) is 19.2 Å². The van der Waals surface area contributed by atoms with E-state index in [4.69, 9.17) is 4.74 Å². The third-order valence-corrected chi connectivity index (χ3v) is 2.94. The molecule has 0 spiro atoms. The maximum absolute atomic E-state index is 10.8. The Balaban J connectivity index is 1.96. The second kappa shape index (κ2) is 5.63. The fourth-order valence-corrected chi connectivity index (χ4v) is 2.01. The van der Waals surface area contributed by atoms with Crippen LogP contribution in [-0.4, -0.2) is 24.7 Å². The van der Waals surface area contributed by atoms with Gasteiger partial charge in [0.15, 0.2) is 0 Å². The zero-order valence-corrected chi connectivity index (χ0v) is 9.59. The van der Waals surface area contributed by atoms with Crippen molar-refractivity contribution in [1.29, 1.82) is 0 Å². The molecule has 0 radical (unpaired) electrons. The molecule has 1 aliphatic heterocycles. The highest BCUT2D eigenvalue weighted by atomic mass is 16.6. The largest absolute Gasteiger partial charge is 0.381 e. The summed E-state index contributed by atoms with van der Waals surface area (Å²) in [6.07, 6.45) is 2.19. The van der Waals surface area contributed by atoms with E-state index < -0.39 is 0 Å². The van der Waals surface area contributed by atoms with Gasteiger partial charge < -0.3 is 10.1 Å². The Kier molecular flexibility index (Phi) is 3.93. The molecule has 0 aromatic heterocycles. The van der Waals surface area contributed by atoms with Gasteiger partial charge in [-0.15, -0.1) is 0 Å². The number of para-hydroxylation sites is 2. The van der Waals surface area contributed by atoms with Crippen LogP contribution in [0.2, 0.25) is 0 Å². The average Bonchev–Trinajstić information content (AvgIpc) is 2.38. The van der Waals surface area contributed by atoms with E-state index in [9.17, 15) is 10.1 Å². The van der Waals surface area contributed by atoms with Crippen molar-refractivity contribution in [1.82, 2.24) is 0 Å². The van der Waals surface area contributed by atoms with Gasteiger partial charge in [0.05, 0.1) is 11.5 Å². The van der Waals surface area contributed by atoms with Crippen LogP contribution in [0.1, 0.15) is 12.8 Å². The maximum atomic E-state index is 10.8. The fourth-order valence-electron chi connectivity index (χ4n) is 2.01. The van der Waals surface area contributed by atoms with Crippen molar-refractivity contribution in [3.63, 3.8) is 0 Å². The van der Waals surface area contributed by atoms with Gasteiger partial charge in [0.1, 0.15) is 5.69 Å². The van der Waals surface area contributed by atoms with Crippen LogP contribution in [0.5, 0.6) is 0 Å². The Morgan fingerprint density at radius 2 is 2.29 bits per heavy atom. The smallest absolute Gasteiger partial charge is 0.292 e. The molecule has 5 nitrogen and oxygen atoms in total. The second-order valence-corrected chi connectivity index (χ2v) is 4.24. The van der Waals surface area contributed by atoms with E-state index in [1.165, 1.54) is 6.07 Å². The van der Waals surface area contributed by atoms with E-state index >= 15 is 0 Å². The first-order chi connectivity index (χ1) is 8.27. The van der Waals surface area contributed by atoms with Gasteiger partial charge in [-0.2, -0.15) is 0 Å². The second-order valence-electron chi connectivity index (χ2n) is 4.24. The molecular weight excluding hydrogens is 220 g/mol. The molecule has 17 heavy (non-hydrogen) atoms. The first kappa shape index (κ1) is 11.9. The highest BCUT2D eigenvalue weighted by Crippen LogP contribution is 2.24. The molecular formula is C12H16N2O3. The summed E-state index contributed by atoms with van der Waals surface area (Å²) in [5, 5.41) is 14.0. The molecule has 0 amide bonds. The number of anilines is 1. The van der Waals surface area contributed by atoms with E-state index in [2.05, 4.69) is 5.32 Å². The van der Waals surface area contributed by atoms with Crippen molar-refractivity contribution >= 4 is 11.4 Å². The van der Waals surface area contributed by atoms with Crippen LogP contribution in [0, 0.1) is 16.0 Å². The zero-order valence-electron chi connectivity index (χ0n) is 9.59. The lowest BCUT2D eigenvalue weighted by Gasteiger charge is -2.22. The molecule has 1 aromatic carbocycles. The van der Waals surface area contributed by atoms with Crippen LogP contribution in [0.25, 0.3) is 0 Å². The molecule has 92 valence electrons. The van der Waals surface area contributed by atoms with Gasteiger partial charge in [-0.3, -0.25) is 10.1 Å². The molecule has 1 heterocycles. The van der Waals surface area contributed by atoms with Crippen molar-refractivity contribution < 1.29 is 9.66 Å². The van der Waals surface area contributed by atoms with Gasteiger partial charge in [0.2, 0.25) is 0 Å². The van der Waals surface area contributed by atoms with E-state index in [0.29, 0.717) is 11.6 Å². The summed E-state index contributed by atoms with van der Waals surface area (Å²) >= 11 is 0. The number of ether oxygens (including phenoxy) is 1. The van der Waals surface area contributed by atoms with Gasteiger partial charge in [-0.05, 0) is 24.8 Å². The van der Waals surface area contributed by atoms with E-state index in [1.807, 2.05) is 0 Å². The monoisotopic (exact) mass is 236 g/mol. The molecule has 1 N–H and O–H groups in total. The third kappa shape index (κ3) is 3.17. The number of rotatable bonds is 4. The van der Waals surface area contributed by atoms with E-state index in [-0.39, 0.29) is 10.6 Å². The number of benzene rings is 1. The lowest BCUT2D eigenvalue weighted by atomic mass is 10.0. The summed E-state index contributed by atoms with van der Waals surface area (Å²) in [5.74, 6) is 0.448. The number of hydrogen-bond acceptors (Lipinski definition) is 4. The minimum absolute atomic E-state index is 0.129. The van der Waals surface area contributed by atoms with Crippen molar-refractivity contribution in [2.75, 3.05) is 25.1 Å². The highest BCUT2D eigenvalue weighted by molar-refractivity contribution is 5.61. The molecule has 0 bridgehead atoms. The summed E-state index contributed by atoms with van der Waals surface area (Å²) in [4.78, 5) is 10.5. The molecule has 5 heteroatoms. The number of hydrogen-bond donors (Lipinski definition) is 1. The zero-order chi connectivity index (χ0) is 12.1. The number of nitro benzene ring substituents is 1. The van der Waals surface area contributed by atoms with Crippen molar-refractivity contribution in [3.05, 3.63) is 34.4 Å². The predicted octanol–water partition coefficient (Wildman–Crippen LogP) is 2.43. The molecule has 1 unspecified atom stereocenters. The first-order valence-electron chi connectivity index (χ1n) is 5.82. The Morgan fingerprint density at radius 3 is 3.00 bits per heavy atom. The first-order valence-corrected chi connectivity index (χ1v) is 5.82. The lowest BCUT2D eigenvalue weighted by molar-refractivity contribution is -0.384. The topological polar surface area (TPSA) is 64.4 Å². The predicted molar refractivity (Wildman–Crippen MR) is 65.1 cm³/mol. The van der Waals surface area contributed by atoms with Crippen LogP contribution < -0.4 is 5.32 Å². The Labute approximate surface area is 99.9 Å². The van der Waals surface area contributed by atoms with Crippen LogP contribution in [0.15, 0.2) is 24.3 Å². The SMILES string of the molecule is O=[N+]([O-])c1ccccc1NCC1CCCOC1. The quantitative estimate of drug-likeness (QED) is 0.644. The molecule has 1 saturated heterocycles. The molecule has 0 aliphatic carbocycles. The minimum Gasteiger partial charge on any atom is -0.381 e. The summed E-state index contributed by atoms with van der Waals surface area (Å²) < 4.78 is 5.37. The van der Waals surface area contributed by atoms with Gasteiger partial charge in [-0.25, -0.2) is 0 Å². The molecule has 0 saturated carbocycles. The summed E-state index contributed by atoms with van der Waals surface area (Å²) in [5.41, 5.74) is 0.715. The normalized spacial score (nSPS) is 19.9. The van der Waals surface area contributed by atoms with Crippen molar-refractivity contribution in [2.45, 2.75) is 12.8 Å². The van der Waals surface area contributed by atoms with Crippen LogP contribution in [-0.2, 0) is 4.74 Å². The average molecular weight is 236 g/mol. The Hall–Kier alpha value is -1.62. The van der Waals surface area contributed by atoms with Crippen LogP contribution in [0.4, 0.5) is 11.4 Å². The summed E-state index contributed by atoms with van der Waals surface area (Å²) in [6.45, 7) is 2.31. The molecule has 1 aliphatic rings. The van der Waals surface area contributed by atoms with Gasteiger partial charge in [0.25, 0.3) is 5.69 Å². The third-order valence-electron chi connectivity index (χ3n) is 2.94. The maximum Gasteiger partial charge on any atom is 0.292 e. The molecule has 1 atom stereocenters. The molecule has 1 fully saturated rings. The van der Waals surface area contributed by atoms with Crippen LogP contribution in [0.3, 0.4) is 0 Å². The standard InChI is InChI=1S/C12H16N2O3/c15-14(16)12-6-2-1-5-11(12)13-8-10-4-3-7-17-9-10/h1-2,5-6,10,13H,3-4,7-9H2.